The summed E-state index contributed by atoms with van der Waals surface area (Å²) in [7, 11) is 0. The third-order valence-corrected chi connectivity index (χ3v) is 6.75. The molecule has 2 aromatic carbocycles. The number of H-pyrrole nitrogens is 1. The number of rotatable bonds is 11. The topological polar surface area (TPSA) is 163 Å². The van der Waals surface area contributed by atoms with Crippen molar-refractivity contribution in [2.45, 2.75) is 71.4 Å². The summed E-state index contributed by atoms with van der Waals surface area (Å²) in [6.07, 6.45) is -0.157. The summed E-state index contributed by atoms with van der Waals surface area (Å²) in [4.78, 5) is 26.6. The highest BCUT2D eigenvalue weighted by molar-refractivity contribution is 5.88. The zero-order chi connectivity index (χ0) is 29.8. The number of nitrogens with one attached hydrogen (secondary N) is 2. The second-order valence-corrected chi connectivity index (χ2v) is 10.8. The SMILES string of the molecule is CCCC1(COC(=O)OC(C)C)NC(C(C)(C)O)=C(C(=O)O)N1Cc1ccc(-c2ccccc2-c2nnn[nH]2)cc1. The van der Waals surface area contributed by atoms with Crippen LogP contribution in [0.25, 0.3) is 22.5 Å². The zero-order valence-corrected chi connectivity index (χ0v) is 23.8. The van der Waals surface area contributed by atoms with Crippen LogP contribution in [0, 0.1) is 0 Å². The Hall–Kier alpha value is -4.45. The predicted octanol–water partition coefficient (Wildman–Crippen LogP) is 4.06. The number of carboxylic acids is 1. The molecule has 0 bridgehead atoms. The minimum absolute atomic E-state index is 0.0842. The van der Waals surface area contributed by atoms with Gasteiger partial charge >= 0.3 is 12.1 Å². The molecule has 0 spiro atoms. The molecule has 1 aromatic heterocycles. The number of hydrogen-bond donors (Lipinski definition) is 4. The molecule has 2 heterocycles. The van der Waals surface area contributed by atoms with Crippen molar-refractivity contribution >= 4 is 12.1 Å². The van der Waals surface area contributed by atoms with Gasteiger partial charge < -0.3 is 29.9 Å². The molecule has 0 radical (unpaired) electrons. The van der Waals surface area contributed by atoms with E-state index < -0.39 is 23.4 Å². The Morgan fingerprint density at radius 3 is 2.34 bits per heavy atom. The number of benzene rings is 2. The van der Waals surface area contributed by atoms with Crippen LogP contribution in [0.4, 0.5) is 4.79 Å². The minimum atomic E-state index is -1.50. The van der Waals surface area contributed by atoms with E-state index in [-0.39, 0.29) is 30.6 Å². The molecule has 0 saturated heterocycles. The molecule has 1 atom stereocenters. The number of carboxylic acid groups (broad SMARTS) is 1. The van der Waals surface area contributed by atoms with Crippen LogP contribution in [0.3, 0.4) is 0 Å². The van der Waals surface area contributed by atoms with Crippen molar-refractivity contribution < 1.29 is 29.3 Å². The van der Waals surface area contributed by atoms with Crippen LogP contribution < -0.4 is 5.32 Å². The van der Waals surface area contributed by atoms with Crippen molar-refractivity contribution in [2.75, 3.05) is 6.61 Å². The van der Waals surface area contributed by atoms with Crippen molar-refractivity contribution in [1.82, 2.24) is 30.8 Å². The van der Waals surface area contributed by atoms with Crippen LogP contribution >= 0.6 is 0 Å². The van der Waals surface area contributed by atoms with Gasteiger partial charge in [-0.3, -0.25) is 0 Å². The second kappa shape index (κ2) is 12.0. The Morgan fingerprint density at radius 1 is 1.10 bits per heavy atom. The highest BCUT2D eigenvalue weighted by Crippen LogP contribution is 2.39. The van der Waals surface area contributed by atoms with E-state index in [9.17, 15) is 19.8 Å². The standard InChI is InChI=1S/C29H36N6O6/c1-6-15-29(17-40-27(38)41-18(2)3)30-24(28(4,5)39)23(26(36)37)35(29)16-19-11-13-20(14-12-19)21-9-7-8-10-22(21)25-31-33-34-32-25/h7-14,18,30,39H,6,15-17H2,1-5H3,(H,36,37)(H,31,32,33,34). The van der Waals surface area contributed by atoms with E-state index >= 15 is 0 Å². The highest BCUT2D eigenvalue weighted by Gasteiger charge is 2.50. The fourth-order valence-corrected chi connectivity index (χ4v) is 4.99. The summed E-state index contributed by atoms with van der Waals surface area (Å²) >= 11 is 0. The van der Waals surface area contributed by atoms with Gasteiger partial charge in [0, 0.05) is 12.1 Å². The maximum Gasteiger partial charge on any atom is 0.508 e. The van der Waals surface area contributed by atoms with Crippen LogP contribution in [0.2, 0.25) is 0 Å². The van der Waals surface area contributed by atoms with Gasteiger partial charge in [-0.15, -0.1) is 5.10 Å². The third-order valence-electron chi connectivity index (χ3n) is 6.75. The molecule has 1 aliphatic heterocycles. The number of tetrazole rings is 1. The fourth-order valence-electron chi connectivity index (χ4n) is 4.99. The lowest BCUT2D eigenvalue weighted by molar-refractivity contribution is -0.135. The van der Waals surface area contributed by atoms with E-state index in [4.69, 9.17) is 9.47 Å². The largest absolute Gasteiger partial charge is 0.508 e. The van der Waals surface area contributed by atoms with Crippen LogP contribution in [0.15, 0.2) is 59.9 Å². The van der Waals surface area contributed by atoms with Crippen LogP contribution in [-0.4, -0.2) is 71.8 Å². The summed E-state index contributed by atoms with van der Waals surface area (Å²) in [5.74, 6) is -0.660. The zero-order valence-electron chi connectivity index (χ0n) is 23.8. The van der Waals surface area contributed by atoms with Gasteiger partial charge in [-0.05, 0) is 61.2 Å². The molecule has 4 N–H and O–H groups in total. The molecule has 4 rings (SSSR count). The number of carbonyl (C=O) groups excluding carboxylic acids is 1. The second-order valence-electron chi connectivity index (χ2n) is 10.8. The van der Waals surface area contributed by atoms with Gasteiger partial charge in [0.15, 0.2) is 5.82 Å². The van der Waals surface area contributed by atoms with E-state index in [1.807, 2.05) is 55.5 Å². The van der Waals surface area contributed by atoms with Crippen molar-refractivity contribution in [3.05, 3.63) is 65.5 Å². The quantitative estimate of drug-likeness (QED) is 0.248. The molecule has 3 aromatic rings. The average molecular weight is 565 g/mol. The molecule has 12 heteroatoms. The van der Waals surface area contributed by atoms with Crippen molar-refractivity contribution in [2.24, 2.45) is 0 Å². The van der Waals surface area contributed by atoms with Gasteiger partial charge in [-0.1, -0.05) is 61.9 Å². The van der Waals surface area contributed by atoms with E-state index in [1.165, 1.54) is 13.8 Å². The van der Waals surface area contributed by atoms with Crippen LogP contribution in [0.1, 0.15) is 53.0 Å². The number of aliphatic carboxylic acids is 1. The fraction of sp³-hybridized carbons (Fsp3) is 0.414. The predicted molar refractivity (Wildman–Crippen MR) is 150 cm³/mol. The lowest BCUT2D eigenvalue weighted by atomic mass is 9.97. The van der Waals surface area contributed by atoms with Crippen molar-refractivity contribution in [3.63, 3.8) is 0 Å². The van der Waals surface area contributed by atoms with E-state index in [0.29, 0.717) is 18.7 Å². The molecular weight excluding hydrogens is 528 g/mol. The average Bonchev–Trinajstić information content (AvgIpc) is 3.55. The number of nitrogens with zero attached hydrogens (tertiary/aromatic N) is 4. The van der Waals surface area contributed by atoms with E-state index in [0.717, 1.165) is 22.3 Å². The number of aromatic amines is 1. The molecule has 41 heavy (non-hydrogen) atoms. The smallest absolute Gasteiger partial charge is 0.477 e. The Balaban J connectivity index is 1.70. The normalized spacial score (nSPS) is 17.1. The first-order valence-electron chi connectivity index (χ1n) is 13.5. The summed E-state index contributed by atoms with van der Waals surface area (Å²) < 4.78 is 10.6. The molecule has 1 unspecified atom stereocenters. The summed E-state index contributed by atoms with van der Waals surface area (Å²) in [5, 5.41) is 38.6. The highest BCUT2D eigenvalue weighted by atomic mass is 16.7. The molecule has 0 fully saturated rings. The maximum atomic E-state index is 12.6. The first-order chi connectivity index (χ1) is 19.4. The molecule has 1 aliphatic rings. The van der Waals surface area contributed by atoms with Gasteiger partial charge in [0.2, 0.25) is 0 Å². The lowest BCUT2D eigenvalue weighted by Crippen LogP contribution is -2.57. The minimum Gasteiger partial charge on any atom is -0.477 e. The van der Waals surface area contributed by atoms with Crippen molar-refractivity contribution in [1.29, 1.82) is 0 Å². The monoisotopic (exact) mass is 564 g/mol. The number of aliphatic hydroxyl groups is 1. The number of aromatic nitrogens is 4. The van der Waals surface area contributed by atoms with Gasteiger partial charge in [-0.2, -0.15) is 0 Å². The van der Waals surface area contributed by atoms with Crippen molar-refractivity contribution in [3.8, 4) is 22.5 Å². The summed E-state index contributed by atoms with van der Waals surface area (Å²) in [5.41, 5.74) is 0.938. The third kappa shape index (κ3) is 6.49. The lowest BCUT2D eigenvalue weighted by Gasteiger charge is -2.40. The number of hydrogen-bond acceptors (Lipinski definition) is 10. The van der Waals surface area contributed by atoms with Crippen LogP contribution in [-0.2, 0) is 20.8 Å². The Morgan fingerprint density at radius 2 is 1.78 bits per heavy atom. The molecule has 0 saturated carbocycles. The molecule has 0 aliphatic carbocycles. The number of carbonyl (C=O) groups is 2. The molecule has 0 amide bonds. The summed E-state index contributed by atoms with van der Waals surface area (Å²) in [6, 6.07) is 15.4. The van der Waals surface area contributed by atoms with Gasteiger partial charge in [-0.25, -0.2) is 14.7 Å². The van der Waals surface area contributed by atoms with E-state index in [2.05, 4.69) is 25.9 Å². The Bertz CT molecular complexity index is 1400. The van der Waals surface area contributed by atoms with Gasteiger partial charge in [0.05, 0.1) is 11.8 Å². The Kier molecular flexibility index (Phi) is 8.62. The first kappa shape index (κ1) is 29.5. The van der Waals surface area contributed by atoms with Gasteiger partial charge in [0.25, 0.3) is 0 Å². The molecule has 12 nitrogen and oxygen atoms in total. The Labute approximate surface area is 238 Å². The number of ether oxygens (including phenoxy) is 2. The van der Waals surface area contributed by atoms with E-state index in [1.54, 1.807) is 18.7 Å². The molecular formula is C29H36N6O6. The van der Waals surface area contributed by atoms with Gasteiger partial charge in [0.1, 0.15) is 23.6 Å². The maximum absolute atomic E-state index is 12.6. The molecule has 218 valence electrons. The summed E-state index contributed by atoms with van der Waals surface area (Å²) in [6.45, 7) is 8.39. The van der Waals surface area contributed by atoms with Crippen LogP contribution in [0.5, 0.6) is 0 Å². The first-order valence-corrected chi connectivity index (χ1v) is 13.5.